The fourth-order valence-electron chi connectivity index (χ4n) is 3.88. The van der Waals surface area contributed by atoms with Crippen molar-refractivity contribution in [1.29, 1.82) is 0 Å². The fourth-order valence-corrected chi connectivity index (χ4v) is 5.26. The maximum absolute atomic E-state index is 13.0. The molecular weight excluding hydrogens is 380 g/mol. The van der Waals surface area contributed by atoms with E-state index < -0.39 is 10.0 Å². The predicted octanol–water partition coefficient (Wildman–Crippen LogP) is 0.328. The van der Waals surface area contributed by atoms with Gasteiger partial charge in [-0.15, -0.1) is 0 Å². The molecule has 0 spiro atoms. The Kier molecular flexibility index (Phi) is 4.94. The number of sulfonamides is 1. The van der Waals surface area contributed by atoms with E-state index in [0.717, 1.165) is 25.1 Å². The van der Waals surface area contributed by atoms with E-state index >= 15 is 0 Å². The van der Waals surface area contributed by atoms with Crippen LogP contribution in [0.4, 0.5) is 0 Å². The van der Waals surface area contributed by atoms with Gasteiger partial charge in [-0.25, -0.2) is 8.42 Å². The SMILES string of the molecule is CN1CCC(N(C)C(=O)c2n[nH]c3c2CCN(S(=O)(=O)c2cccnc2)C3)C1. The zero-order valence-electron chi connectivity index (χ0n) is 16.0. The van der Waals surface area contributed by atoms with E-state index in [2.05, 4.69) is 20.1 Å². The molecule has 0 saturated carbocycles. The first kappa shape index (κ1) is 19.0. The second-order valence-corrected chi connectivity index (χ2v) is 9.37. The van der Waals surface area contributed by atoms with Crippen molar-refractivity contribution in [2.45, 2.75) is 30.3 Å². The number of fused-ring (bicyclic) bond motifs is 1. The Bertz CT molecular complexity index is 974. The van der Waals surface area contributed by atoms with Gasteiger partial charge in [0.15, 0.2) is 5.69 Å². The highest BCUT2D eigenvalue weighted by Gasteiger charge is 2.34. The quantitative estimate of drug-likeness (QED) is 0.788. The van der Waals surface area contributed by atoms with Gasteiger partial charge in [-0.3, -0.25) is 14.9 Å². The maximum atomic E-state index is 13.0. The number of pyridine rings is 1. The zero-order valence-corrected chi connectivity index (χ0v) is 16.8. The number of aromatic nitrogens is 3. The van der Waals surface area contributed by atoms with Gasteiger partial charge in [-0.05, 0) is 38.6 Å². The minimum atomic E-state index is -3.63. The first-order chi connectivity index (χ1) is 13.4. The Labute approximate surface area is 164 Å². The molecule has 1 unspecified atom stereocenters. The van der Waals surface area contributed by atoms with Crippen molar-refractivity contribution < 1.29 is 13.2 Å². The van der Waals surface area contributed by atoms with Crippen LogP contribution in [0.1, 0.15) is 28.2 Å². The highest BCUT2D eigenvalue weighted by atomic mass is 32.2. The first-order valence-corrected chi connectivity index (χ1v) is 10.7. The minimum absolute atomic E-state index is 0.110. The molecule has 1 N–H and O–H groups in total. The topological polar surface area (TPSA) is 102 Å². The number of carbonyl (C=O) groups is 1. The Morgan fingerprint density at radius 3 is 2.86 bits per heavy atom. The average molecular weight is 404 g/mol. The molecule has 2 aromatic rings. The van der Waals surface area contributed by atoms with Crippen molar-refractivity contribution >= 4 is 15.9 Å². The number of nitrogens with one attached hydrogen (secondary N) is 1. The van der Waals surface area contributed by atoms with Crippen LogP contribution < -0.4 is 0 Å². The number of likely N-dealkylation sites (N-methyl/N-ethyl adjacent to an activating group) is 2. The van der Waals surface area contributed by atoms with Crippen LogP contribution in [0.3, 0.4) is 0 Å². The van der Waals surface area contributed by atoms with Crippen LogP contribution in [0, 0.1) is 0 Å². The second-order valence-electron chi connectivity index (χ2n) is 7.43. The highest BCUT2D eigenvalue weighted by Crippen LogP contribution is 2.26. The van der Waals surface area contributed by atoms with Crippen LogP contribution in [0.25, 0.3) is 0 Å². The smallest absolute Gasteiger partial charge is 0.274 e. The van der Waals surface area contributed by atoms with E-state index in [9.17, 15) is 13.2 Å². The van der Waals surface area contributed by atoms with Gasteiger partial charge in [0.2, 0.25) is 10.0 Å². The summed E-state index contributed by atoms with van der Waals surface area (Å²) >= 11 is 0. The van der Waals surface area contributed by atoms with Gasteiger partial charge in [0.05, 0.1) is 12.2 Å². The first-order valence-electron chi connectivity index (χ1n) is 9.30. The molecule has 150 valence electrons. The fraction of sp³-hybridized carbons (Fsp3) is 0.500. The van der Waals surface area contributed by atoms with Crippen LogP contribution in [-0.4, -0.2) is 83.4 Å². The monoisotopic (exact) mass is 404 g/mol. The number of hydrogen-bond donors (Lipinski definition) is 1. The van der Waals surface area contributed by atoms with Crippen LogP contribution >= 0.6 is 0 Å². The standard InChI is InChI=1S/C18H24N6O3S/c1-22-8-5-13(11-22)23(2)18(25)17-15-6-9-24(12-16(15)20-21-17)28(26,27)14-4-3-7-19-10-14/h3-4,7,10,13H,5-6,8-9,11-12H2,1-2H3,(H,20,21). The molecule has 2 aliphatic heterocycles. The lowest BCUT2D eigenvalue weighted by atomic mass is 10.0. The van der Waals surface area contributed by atoms with Gasteiger partial charge in [-0.2, -0.15) is 9.40 Å². The molecule has 10 heteroatoms. The van der Waals surface area contributed by atoms with E-state index in [1.54, 1.807) is 17.2 Å². The van der Waals surface area contributed by atoms with Crippen molar-refractivity contribution in [3.05, 3.63) is 41.5 Å². The van der Waals surface area contributed by atoms with Crippen LogP contribution in [0.2, 0.25) is 0 Å². The molecule has 1 amide bonds. The van der Waals surface area contributed by atoms with E-state index in [-0.39, 0.29) is 23.4 Å². The lowest BCUT2D eigenvalue weighted by molar-refractivity contribution is 0.0730. The van der Waals surface area contributed by atoms with Crippen molar-refractivity contribution in [1.82, 2.24) is 29.3 Å². The number of H-pyrrole nitrogens is 1. The molecule has 0 radical (unpaired) electrons. The molecule has 4 rings (SSSR count). The third kappa shape index (κ3) is 3.31. The summed E-state index contributed by atoms with van der Waals surface area (Å²) in [6.07, 6.45) is 4.28. The molecule has 0 aromatic carbocycles. The number of likely N-dealkylation sites (tertiary alicyclic amines) is 1. The molecule has 1 saturated heterocycles. The van der Waals surface area contributed by atoms with Gasteiger partial charge in [0, 0.05) is 44.1 Å². The Morgan fingerprint density at radius 1 is 1.36 bits per heavy atom. The molecule has 2 aromatic heterocycles. The largest absolute Gasteiger partial charge is 0.336 e. The van der Waals surface area contributed by atoms with Crippen molar-refractivity contribution in [3.8, 4) is 0 Å². The maximum Gasteiger partial charge on any atom is 0.274 e. The summed E-state index contributed by atoms with van der Waals surface area (Å²) in [5.74, 6) is -0.110. The van der Waals surface area contributed by atoms with E-state index in [1.807, 2.05) is 14.1 Å². The lowest BCUT2D eigenvalue weighted by Crippen LogP contribution is -2.40. The molecule has 0 bridgehead atoms. The summed E-state index contributed by atoms with van der Waals surface area (Å²) in [6, 6.07) is 3.31. The second kappa shape index (κ2) is 7.26. The zero-order chi connectivity index (χ0) is 19.9. The third-order valence-corrected chi connectivity index (χ3v) is 7.44. The third-order valence-electron chi connectivity index (χ3n) is 5.61. The summed E-state index contributed by atoms with van der Waals surface area (Å²) in [4.78, 5) is 21.0. The molecule has 1 atom stereocenters. The van der Waals surface area contributed by atoms with Crippen molar-refractivity contribution in [2.24, 2.45) is 0 Å². The summed E-state index contributed by atoms with van der Waals surface area (Å²) in [6.45, 7) is 2.30. The number of nitrogens with zero attached hydrogens (tertiary/aromatic N) is 5. The molecular formula is C18H24N6O3S. The van der Waals surface area contributed by atoms with E-state index in [1.165, 1.54) is 16.6 Å². The molecule has 2 aliphatic rings. The van der Waals surface area contributed by atoms with Gasteiger partial charge < -0.3 is 9.80 Å². The Balaban J connectivity index is 1.53. The normalized spacial score (nSPS) is 20.9. The number of amides is 1. The molecule has 28 heavy (non-hydrogen) atoms. The number of hydrogen-bond acceptors (Lipinski definition) is 6. The van der Waals surface area contributed by atoms with E-state index in [4.69, 9.17) is 0 Å². The van der Waals surface area contributed by atoms with E-state index in [0.29, 0.717) is 24.4 Å². The number of carbonyl (C=O) groups excluding carboxylic acids is 1. The average Bonchev–Trinajstić information content (AvgIpc) is 3.33. The molecule has 1 fully saturated rings. The summed E-state index contributed by atoms with van der Waals surface area (Å²) in [7, 11) is 0.233. The van der Waals surface area contributed by atoms with Gasteiger partial charge in [0.1, 0.15) is 4.90 Å². The van der Waals surface area contributed by atoms with Crippen LogP contribution in [-0.2, 0) is 23.0 Å². The van der Waals surface area contributed by atoms with Crippen molar-refractivity contribution in [3.63, 3.8) is 0 Å². The molecule has 4 heterocycles. The molecule has 9 nitrogen and oxygen atoms in total. The Morgan fingerprint density at radius 2 is 2.18 bits per heavy atom. The number of aromatic amines is 1. The van der Waals surface area contributed by atoms with Gasteiger partial charge >= 0.3 is 0 Å². The summed E-state index contributed by atoms with van der Waals surface area (Å²) in [5, 5.41) is 7.12. The predicted molar refractivity (Wildman–Crippen MR) is 102 cm³/mol. The van der Waals surface area contributed by atoms with Crippen LogP contribution in [0.5, 0.6) is 0 Å². The lowest BCUT2D eigenvalue weighted by Gasteiger charge is -2.27. The minimum Gasteiger partial charge on any atom is -0.336 e. The Hall–Kier alpha value is -2.30. The summed E-state index contributed by atoms with van der Waals surface area (Å²) < 4.78 is 27.0. The van der Waals surface area contributed by atoms with Gasteiger partial charge in [-0.1, -0.05) is 0 Å². The summed E-state index contributed by atoms with van der Waals surface area (Å²) in [5.41, 5.74) is 1.91. The van der Waals surface area contributed by atoms with Gasteiger partial charge in [0.25, 0.3) is 5.91 Å². The number of rotatable bonds is 4. The molecule has 0 aliphatic carbocycles. The van der Waals surface area contributed by atoms with Crippen LogP contribution in [0.15, 0.2) is 29.4 Å². The van der Waals surface area contributed by atoms with Crippen molar-refractivity contribution in [2.75, 3.05) is 33.7 Å². The highest BCUT2D eigenvalue weighted by molar-refractivity contribution is 7.89.